The van der Waals surface area contributed by atoms with Gasteiger partial charge in [0.15, 0.2) is 9.84 Å². The summed E-state index contributed by atoms with van der Waals surface area (Å²) in [6, 6.07) is 7.61. The first kappa shape index (κ1) is 16.0. The molecule has 0 saturated carbocycles. The van der Waals surface area contributed by atoms with Crippen molar-refractivity contribution in [2.45, 2.75) is 31.9 Å². The Hall–Kier alpha value is -1.07. The van der Waals surface area contributed by atoms with Gasteiger partial charge in [-0.05, 0) is 38.8 Å². The molecule has 0 radical (unpaired) electrons. The van der Waals surface area contributed by atoms with Crippen LogP contribution in [0.1, 0.15) is 26.3 Å². The molecule has 1 aromatic carbocycles. The van der Waals surface area contributed by atoms with Crippen LogP contribution in [-0.2, 0) is 21.0 Å². The van der Waals surface area contributed by atoms with Crippen molar-refractivity contribution in [3.63, 3.8) is 0 Å². The number of rotatable bonds is 6. The predicted molar refractivity (Wildman–Crippen MR) is 78.9 cm³/mol. The van der Waals surface area contributed by atoms with Gasteiger partial charge in [-0.3, -0.25) is 0 Å². The SMILES string of the molecule is CC(C)(C)S(=O)(=O)CCOCCc1ccccc1N. The first-order valence-electron chi connectivity index (χ1n) is 6.37. The second kappa shape index (κ2) is 6.39. The molecule has 0 amide bonds. The van der Waals surface area contributed by atoms with E-state index in [0.717, 1.165) is 11.3 Å². The number of hydrogen-bond acceptors (Lipinski definition) is 4. The molecule has 0 spiro atoms. The van der Waals surface area contributed by atoms with Gasteiger partial charge < -0.3 is 10.5 Å². The molecule has 0 aliphatic heterocycles. The topological polar surface area (TPSA) is 69.4 Å². The third kappa shape index (κ3) is 4.84. The van der Waals surface area contributed by atoms with Crippen LogP contribution >= 0.6 is 0 Å². The molecule has 2 N–H and O–H groups in total. The Morgan fingerprint density at radius 1 is 1.16 bits per heavy atom. The van der Waals surface area contributed by atoms with E-state index in [9.17, 15) is 8.42 Å². The summed E-state index contributed by atoms with van der Waals surface area (Å²) in [6.45, 7) is 5.81. The Kier molecular flexibility index (Phi) is 5.38. The Morgan fingerprint density at radius 3 is 2.37 bits per heavy atom. The predicted octanol–water partition coefficient (Wildman–Crippen LogP) is 2.04. The van der Waals surface area contributed by atoms with Gasteiger partial charge in [0.25, 0.3) is 0 Å². The van der Waals surface area contributed by atoms with Gasteiger partial charge in [0.1, 0.15) is 0 Å². The minimum atomic E-state index is -3.10. The van der Waals surface area contributed by atoms with Gasteiger partial charge >= 0.3 is 0 Å². The lowest BCUT2D eigenvalue weighted by Gasteiger charge is -2.18. The second-order valence-corrected chi connectivity index (χ2v) is 8.35. The van der Waals surface area contributed by atoms with Crippen LogP contribution in [0.4, 0.5) is 5.69 Å². The van der Waals surface area contributed by atoms with Crippen molar-refractivity contribution in [2.75, 3.05) is 24.7 Å². The van der Waals surface area contributed by atoms with E-state index in [0.29, 0.717) is 13.0 Å². The Bertz CT molecular complexity index is 504. The maximum atomic E-state index is 11.8. The number of sulfone groups is 1. The number of nitrogen functional groups attached to an aromatic ring is 1. The normalized spacial score (nSPS) is 12.6. The molecule has 19 heavy (non-hydrogen) atoms. The molecule has 5 heteroatoms. The molecule has 0 heterocycles. The van der Waals surface area contributed by atoms with Crippen LogP contribution in [0.15, 0.2) is 24.3 Å². The zero-order valence-corrected chi connectivity index (χ0v) is 12.7. The first-order valence-corrected chi connectivity index (χ1v) is 8.03. The van der Waals surface area contributed by atoms with Crippen molar-refractivity contribution in [1.29, 1.82) is 0 Å². The molecule has 0 atom stereocenters. The van der Waals surface area contributed by atoms with Crippen LogP contribution in [0.5, 0.6) is 0 Å². The third-order valence-electron chi connectivity index (χ3n) is 3.00. The average molecular weight is 285 g/mol. The highest BCUT2D eigenvalue weighted by Gasteiger charge is 2.28. The number of nitrogens with two attached hydrogens (primary N) is 1. The summed E-state index contributed by atoms with van der Waals surface area (Å²) in [7, 11) is -3.10. The van der Waals surface area contributed by atoms with E-state index in [1.165, 1.54) is 0 Å². The van der Waals surface area contributed by atoms with Crippen molar-refractivity contribution < 1.29 is 13.2 Å². The van der Waals surface area contributed by atoms with Gasteiger partial charge in [0, 0.05) is 5.69 Å². The zero-order valence-electron chi connectivity index (χ0n) is 11.8. The number of benzene rings is 1. The Morgan fingerprint density at radius 2 is 1.79 bits per heavy atom. The van der Waals surface area contributed by atoms with Gasteiger partial charge in [-0.2, -0.15) is 0 Å². The third-order valence-corrected chi connectivity index (χ3v) is 5.57. The number of anilines is 1. The highest BCUT2D eigenvalue weighted by Crippen LogP contribution is 2.16. The first-order chi connectivity index (χ1) is 8.74. The van der Waals surface area contributed by atoms with E-state index in [1.807, 2.05) is 24.3 Å². The monoisotopic (exact) mass is 285 g/mol. The van der Waals surface area contributed by atoms with Crippen LogP contribution in [-0.4, -0.2) is 32.1 Å². The molecule has 108 valence electrons. The molecule has 4 nitrogen and oxygen atoms in total. The van der Waals surface area contributed by atoms with Gasteiger partial charge in [0.2, 0.25) is 0 Å². The largest absolute Gasteiger partial charge is 0.399 e. The summed E-state index contributed by atoms with van der Waals surface area (Å²) in [5, 5.41) is 0. The summed E-state index contributed by atoms with van der Waals surface area (Å²) in [4.78, 5) is 0. The maximum Gasteiger partial charge on any atom is 0.157 e. The van der Waals surface area contributed by atoms with Gasteiger partial charge in [-0.1, -0.05) is 18.2 Å². The second-order valence-electron chi connectivity index (χ2n) is 5.49. The molecule has 0 fully saturated rings. The summed E-state index contributed by atoms with van der Waals surface area (Å²) in [6.07, 6.45) is 0.697. The molecule has 1 rings (SSSR count). The lowest BCUT2D eigenvalue weighted by Crippen LogP contribution is -2.32. The summed E-state index contributed by atoms with van der Waals surface area (Å²) >= 11 is 0. The summed E-state index contributed by atoms with van der Waals surface area (Å²) in [5.41, 5.74) is 7.58. The quantitative estimate of drug-likeness (QED) is 0.641. The highest BCUT2D eigenvalue weighted by molar-refractivity contribution is 7.92. The van der Waals surface area contributed by atoms with Crippen molar-refractivity contribution in [1.82, 2.24) is 0 Å². The minimum absolute atomic E-state index is 0.0563. The molecule has 0 aliphatic carbocycles. The number of para-hydroxylation sites is 1. The van der Waals surface area contributed by atoms with E-state index in [4.69, 9.17) is 10.5 Å². The van der Waals surface area contributed by atoms with Crippen LogP contribution in [0.2, 0.25) is 0 Å². The Balaban J connectivity index is 2.32. The van der Waals surface area contributed by atoms with Crippen LogP contribution in [0, 0.1) is 0 Å². The van der Waals surface area contributed by atoms with E-state index in [-0.39, 0.29) is 12.4 Å². The minimum Gasteiger partial charge on any atom is -0.399 e. The average Bonchev–Trinajstić information content (AvgIpc) is 2.29. The number of hydrogen-bond donors (Lipinski definition) is 1. The molecule has 1 aromatic rings. The van der Waals surface area contributed by atoms with Gasteiger partial charge in [-0.25, -0.2) is 8.42 Å². The van der Waals surface area contributed by atoms with Crippen molar-refractivity contribution in [2.24, 2.45) is 0 Å². The lowest BCUT2D eigenvalue weighted by molar-refractivity contribution is 0.152. The van der Waals surface area contributed by atoms with E-state index in [2.05, 4.69) is 0 Å². The summed E-state index contributed by atoms with van der Waals surface area (Å²) in [5.74, 6) is 0.0563. The fraction of sp³-hybridized carbons (Fsp3) is 0.571. The van der Waals surface area contributed by atoms with E-state index < -0.39 is 14.6 Å². The summed E-state index contributed by atoms with van der Waals surface area (Å²) < 4.78 is 28.3. The highest BCUT2D eigenvalue weighted by atomic mass is 32.2. The van der Waals surface area contributed by atoms with Crippen molar-refractivity contribution in [3.8, 4) is 0 Å². The molecule has 0 unspecified atom stereocenters. The van der Waals surface area contributed by atoms with E-state index >= 15 is 0 Å². The molecule has 0 aromatic heterocycles. The van der Waals surface area contributed by atoms with Crippen LogP contribution in [0.3, 0.4) is 0 Å². The number of ether oxygens (including phenoxy) is 1. The Labute approximate surface area is 115 Å². The molecule has 0 aliphatic rings. The zero-order chi connectivity index (χ0) is 14.5. The smallest absolute Gasteiger partial charge is 0.157 e. The maximum absolute atomic E-state index is 11.8. The van der Waals surface area contributed by atoms with Crippen molar-refractivity contribution in [3.05, 3.63) is 29.8 Å². The molecule has 0 bridgehead atoms. The fourth-order valence-electron chi connectivity index (χ4n) is 1.52. The van der Waals surface area contributed by atoms with Gasteiger partial charge in [0.05, 0.1) is 23.7 Å². The van der Waals surface area contributed by atoms with E-state index in [1.54, 1.807) is 20.8 Å². The van der Waals surface area contributed by atoms with Gasteiger partial charge in [-0.15, -0.1) is 0 Å². The van der Waals surface area contributed by atoms with Crippen molar-refractivity contribution >= 4 is 15.5 Å². The standard InChI is InChI=1S/C14H23NO3S/c1-14(2,3)19(16,17)11-10-18-9-8-12-6-4-5-7-13(12)15/h4-7H,8-11,15H2,1-3H3. The van der Waals surface area contributed by atoms with Crippen LogP contribution in [0.25, 0.3) is 0 Å². The van der Waals surface area contributed by atoms with Crippen LogP contribution < -0.4 is 5.73 Å². The molecular formula is C14H23NO3S. The fourth-order valence-corrected chi connectivity index (χ4v) is 2.47. The lowest BCUT2D eigenvalue weighted by atomic mass is 10.1. The molecule has 0 saturated heterocycles. The molecular weight excluding hydrogens is 262 g/mol.